The molecule has 0 aliphatic heterocycles. The van der Waals surface area contributed by atoms with Gasteiger partial charge >= 0.3 is 0 Å². The molecule has 0 aromatic carbocycles. The zero-order valence-corrected chi connectivity index (χ0v) is 10.1. The standard InChI is InChI=1S/C13H26/c1-10(2)7-12(5)9-13(6)8-11(3)4/h11-13H,1,7-9H2,2-6H3. The van der Waals surface area contributed by atoms with Crippen molar-refractivity contribution in [2.45, 2.75) is 53.9 Å². The molecule has 0 radical (unpaired) electrons. The predicted octanol–water partition coefficient (Wildman–Crippen LogP) is 4.66. The molecule has 2 unspecified atom stereocenters. The van der Waals surface area contributed by atoms with Gasteiger partial charge in [-0.25, -0.2) is 0 Å². The summed E-state index contributed by atoms with van der Waals surface area (Å²) >= 11 is 0. The van der Waals surface area contributed by atoms with E-state index in [2.05, 4.69) is 41.2 Å². The molecular weight excluding hydrogens is 156 g/mol. The van der Waals surface area contributed by atoms with Crippen LogP contribution in [0.5, 0.6) is 0 Å². The van der Waals surface area contributed by atoms with Gasteiger partial charge < -0.3 is 0 Å². The minimum Gasteiger partial charge on any atom is -0.100 e. The molecule has 13 heavy (non-hydrogen) atoms. The van der Waals surface area contributed by atoms with Crippen LogP contribution in [0.3, 0.4) is 0 Å². The molecule has 0 heteroatoms. The molecule has 0 N–H and O–H groups in total. The largest absolute Gasteiger partial charge is 0.100 e. The molecule has 0 aliphatic rings. The van der Waals surface area contributed by atoms with Gasteiger partial charge in [0.05, 0.1) is 0 Å². The van der Waals surface area contributed by atoms with E-state index in [1.54, 1.807) is 0 Å². The summed E-state index contributed by atoms with van der Waals surface area (Å²) in [6.45, 7) is 15.4. The Balaban J connectivity index is 3.64. The summed E-state index contributed by atoms with van der Waals surface area (Å²) in [5.41, 5.74) is 1.32. The van der Waals surface area contributed by atoms with Gasteiger partial charge in [-0.3, -0.25) is 0 Å². The summed E-state index contributed by atoms with van der Waals surface area (Å²) in [5, 5.41) is 0. The van der Waals surface area contributed by atoms with E-state index in [4.69, 9.17) is 0 Å². The second-order valence-electron chi connectivity index (χ2n) is 5.24. The van der Waals surface area contributed by atoms with E-state index < -0.39 is 0 Å². The third kappa shape index (κ3) is 8.08. The molecule has 0 saturated heterocycles. The number of hydrogen-bond acceptors (Lipinski definition) is 0. The number of allylic oxidation sites excluding steroid dienone is 1. The Bertz CT molecular complexity index is 144. The SMILES string of the molecule is C=C(C)CC(C)CC(C)CC(C)C. The Kier molecular flexibility index (Phi) is 6.11. The van der Waals surface area contributed by atoms with Crippen molar-refractivity contribution in [2.75, 3.05) is 0 Å². The van der Waals surface area contributed by atoms with Gasteiger partial charge in [0.25, 0.3) is 0 Å². The van der Waals surface area contributed by atoms with Crippen LogP contribution in [-0.4, -0.2) is 0 Å². The van der Waals surface area contributed by atoms with E-state index in [1.807, 2.05) is 0 Å². The van der Waals surface area contributed by atoms with Gasteiger partial charge in [0.15, 0.2) is 0 Å². The zero-order valence-electron chi connectivity index (χ0n) is 10.1. The Morgan fingerprint density at radius 3 is 1.92 bits per heavy atom. The molecule has 78 valence electrons. The van der Waals surface area contributed by atoms with E-state index in [9.17, 15) is 0 Å². The average Bonchev–Trinajstić information content (AvgIpc) is 1.80. The van der Waals surface area contributed by atoms with Crippen molar-refractivity contribution in [1.29, 1.82) is 0 Å². The van der Waals surface area contributed by atoms with Gasteiger partial charge in [-0.1, -0.05) is 33.3 Å². The molecule has 0 saturated carbocycles. The van der Waals surface area contributed by atoms with Crippen LogP contribution in [0.15, 0.2) is 12.2 Å². The molecule has 0 fully saturated rings. The normalized spacial score (nSPS) is 15.8. The fourth-order valence-electron chi connectivity index (χ4n) is 2.27. The van der Waals surface area contributed by atoms with E-state index in [0.29, 0.717) is 0 Å². The molecular formula is C13H26. The summed E-state index contributed by atoms with van der Waals surface area (Å²) in [4.78, 5) is 0. The van der Waals surface area contributed by atoms with Crippen molar-refractivity contribution in [3.05, 3.63) is 12.2 Å². The maximum Gasteiger partial charge on any atom is -0.0300 e. The van der Waals surface area contributed by atoms with Crippen LogP contribution < -0.4 is 0 Å². The van der Waals surface area contributed by atoms with Crippen LogP contribution in [0, 0.1) is 17.8 Å². The monoisotopic (exact) mass is 182 g/mol. The number of rotatable bonds is 6. The maximum atomic E-state index is 3.96. The van der Waals surface area contributed by atoms with Crippen LogP contribution >= 0.6 is 0 Å². The van der Waals surface area contributed by atoms with Gasteiger partial charge in [-0.15, -0.1) is 6.58 Å². The fraction of sp³-hybridized carbons (Fsp3) is 0.846. The van der Waals surface area contributed by atoms with Crippen molar-refractivity contribution in [2.24, 2.45) is 17.8 Å². The lowest BCUT2D eigenvalue weighted by molar-refractivity contribution is 0.353. The maximum absolute atomic E-state index is 3.96. The van der Waals surface area contributed by atoms with E-state index >= 15 is 0 Å². The van der Waals surface area contributed by atoms with Crippen molar-refractivity contribution < 1.29 is 0 Å². The number of hydrogen-bond donors (Lipinski definition) is 0. The summed E-state index contributed by atoms with van der Waals surface area (Å²) < 4.78 is 0. The molecule has 0 aromatic heterocycles. The smallest absolute Gasteiger partial charge is 0.0300 e. The molecule has 0 spiro atoms. The lowest BCUT2D eigenvalue weighted by Gasteiger charge is -2.18. The first-order valence-corrected chi connectivity index (χ1v) is 5.56. The highest BCUT2D eigenvalue weighted by Crippen LogP contribution is 2.22. The van der Waals surface area contributed by atoms with Crippen LogP contribution in [0.2, 0.25) is 0 Å². The van der Waals surface area contributed by atoms with Crippen molar-refractivity contribution in [3.63, 3.8) is 0 Å². The van der Waals surface area contributed by atoms with E-state index in [-0.39, 0.29) is 0 Å². The third-order valence-corrected chi connectivity index (χ3v) is 2.38. The Morgan fingerprint density at radius 2 is 1.54 bits per heavy atom. The highest BCUT2D eigenvalue weighted by atomic mass is 14.2. The van der Waals surface area contributed by atoms with Crippen molar-refractivity contribution >= 4 is 0 Å². The average molecular weight is 182 g/mol. The second-order valence-corrected chi connectivity index (χ2v) is 5.24. The van der Waals surface area contributed by atoms with E-state index in [1.165, 1.54) is 24.8 Å². The molecule has 2 atom stereocenters. The minimum absolute atomic E-state index is 0.811. The van der Waals surface area contributed by atoms with Gasteiger partial charge in [0.2, 0.25) is 0 Å². The minimum atomic E-state index is 0.811. The molecule has 0 amide bonds. The second kappa shape index (κ2) is 6.23. The predicted molar refractivity (Wildman–Crippen MR) is 61.8 cm³/mol. The lowest BCUT2D eigenvalue weighted by atomic mass is 9.88. The van der Waals surface area contributed by atoms with Crippen molar-refractivity contribution in [1.82, 2.24) is 0 Å². The zero-order chi connectivity index (χ0) is 10.4. The quantitative estimate of drug-likeness (QED) is 0.524. The third-order valence-electron chi connectivity index (χ3n) is 2.38. The van der Waals surface area contributed by atoms with Gasteiger partial charge in [0.1, 0.15) is 0 Å². The topological polar surface area (TPSA) is 0 Å². The summed E-state index contributed by atoms with van der Waals surface area (Å²) in [7, 11) is 0. The summed E-state index contributed by atoms with van der Waals surface area (Å²) in [6, 6.07) is 0. The fourth-order valence-corrected chi connectivity index (χ4v) is 2.27. The first-order valence-electron chi connectivity index (χ1n) is 5.56. The van der Waals surface area contributed by atoms with E-state index in [0.717, 1.165) is 17.8 Å². The Hall–Kier alpha value is -0.260. The van der Waals surface area contributed by atoms with Crippen LogP contribution in [0.25, 0.3) is 0 Å². The van der Waals surface area contributed by atoms with Crippen molar-refractivity contribution in [3.8, 4) is 0 Å². The van der Waals surface area contributed by atoms with Crippen LogP contribution in [-0.2, 0) is 0 Å². The molecule has 0 rings (SSSR count). The van der Waals surface area contributed by atoms with Gasteiger partial charge in [0, 0.05) is 0 Å². The van der Waals surface area contributed by atoms with Crippen LogP contribution in [0.4, 0.5) is 0 Å². The van der Waals surface area contributed by atoms with Gasteiger partial charge in [-0.05, 0) is 43.9 Å². The first kappa shape index (κ1) is 12.7. The molecule has 0 heterocycles. The Morgan fingerprint density at radius 1 is 1.00 bits per heavy atom. The molecule has 0 aliphatic carbocycles. The van der Waals surface area contributed by atoms with Gasteiger partial charge in [-0.2, -0.15) is 0 Å². The molecule has 0 nitrogen and oxygen atoms in total. The first-order chi connectivity index (χ1) is 5.91. The molecule has 0 bridgehead atoms. The lowest BCUT2D eigenvalue weighted by Crippen LogP contribution is -2.06. The Labute approximate surface area is 84.4 Å². The highest BCUT2D eigenvalue weighted by molar-refractivity contribution is 4.89. The summed E-state index contributed by atoms with van der Waals surface area (Å²) in [5.74, 6) is 2.52. The highest BCUT2D eigenvalue weighted by Gasteiger charge is 2.10. The molecule has 0 aromatic rings. The summed E-state index contributed by atoms with van der Waals surface area (Å²) in [6.07, 6.45) is 3.91. The van der Waals surface area contributed by atoms with Crippen LogP contribution in [0.1, 0.15) is 53.9 Å².